The molecule has 6 heteroatoms. The lowest BCUT2D eigenvalue weighted by Crippen LogP contribution is -2.33. The van der Waals surface area contributed by atoms with Crippen molar-refractivity contribution in [2.75, 3.05) is 20.8 Å². The molecule has 0 aromatic heterocycles. The van der Waals surface area contributed by atoms with Crippen molar-refractivity contribution >= 4 is 12.0 Å². The molecule has 0 spiro atoms. The lowest BCUT2D eigenvalue weighted by molar-refractivity contribution is -0.125. The van der Waals surface area contributed by atoms with Crippen molar-refractivity contribution < 1.29 is 19.4 Å². The van der Waals surface area contributed by atoms with Gasteiger partial charge in [0.2, 0.25) is 5.75 Å². The van der Waals surface area contributed by atoms with Gasteiger partial charge in [0.05, 0.1) is 19.9 Å². The van der Waals surface area contributed by atoms with E-state index >= 15 is 0 Å². The summed E-state index contributed by atoms with van der Waals surface area (Å²) in [6.45, 7) is 8.45. The third-order valence-corrected chi connectivity index (χ3v) is 4.26. The number of allylic oxidation sites excluding steroid dienone is 1. The Hall–Kier alpha value is -2.63. The quantitative estimate of drug-likeness (QED) is 0.450. The molecule has 0 fully saturated rings. The topological polar surface area (TPSA) is 85.0 Å². The molecule has 0 aliphatic heterocycles. The largest absolute Gasteiger partial charge is 0.502 e. The Labute approximate surface area is 162 Å². The molecule has 0 radical (unpaired) electrons. The van der Waals surface area contributed by atoms with Crippen molar-refractivity contribution in [3.05, 3.63) is 35.7 Å². The van der Waals surface area contributed by atoms with Crippen molar-refractivity contribution in [3.8, 4) is 17.2 Å². The zero-order chi connectivity index (χ0) is 20.4. The van der Waals surface area contributed by atoms with Crippen LogP contribution < -0.4 is 15.2 Å². The van der Waals surface area contributed by atoms with Crippen LogP contribution in [0.5, 0.6) is 17.2 Å². The molecule has 0 aliphatic rings. The van der Waals surface area contributed by atoms with Gasteiger partial charge in [-0.15, -0.1) is 0 Å². The monoisotopic (exact) mass is 376 g/mol. The van der Waals surface area contributed by atoms with Gasteiger partial charge in [-0.05, 0) is 37.1 Å². The zero-order valence-electron chi connectivity index (χ0n) is 16.9. The number of ether oxygens (including phenoxy) is 2. The number of phenolic OH excluding ortho intramolecular Hbond substituents is 1. The van der Waals surface area contributed by atoms with E-state index in [-0.39, 0.29) is 28.9 Å². The lowest BCUT2D eigenvalue weighted by atomic mass is 10.1. The number of rotatable bonds is 11. The highest BCUT2D eigenvalue weighted by Gasteiger charge is 2.17. The minimum absolute atomic E-state index is 0.0846. The van der Waals surface area contributed by atoms with E-state index in [1.54, 1.807) is 30.0 Å². The summed E-state index contributed by atoms with van der Waals surface area (Å²) in [6, 6.07) is 3.18. The number of aromatic hydroxyl groups is 1. The van der Waals surface area contributed by atoms with Crippen LogP contribution >= 0.6 is 0 Å². The van der Waals surface area contributed by atoms with Crippen molar-refractivity contribution in [2.24, 2.45) is 5.73 Å². The predicted molar refractivity (Wildman–Crippen MR) is 109 cm³/mol. The van der Waals surface area contributed by atoms with E-state index in [2.05, 4.69) is 13.5 Å². The van der Waals surface area contributed by atoms with Gasteiger partial charge in [0.15, 0.2) is 11.5 Å². The predicted octanol–water partition coefficient (Wildman–Crippen LogP) is 4.04. The molecule has 0 heterocycles. The summed E-state index contributed by atoms with van der Waals surface area (Å²) in [4.78, 5) is 14.3. The summed E-state index contributed by atoms with van der Waals surface area (Å²) >= 11 is 0. The average Bonchev–Trinajstić information content (AvgIpc) is 2.64. The molecule has 0 saturated heterocycles. The number of benzene rings is 1. The number of nitrogens with zero attached hydrogens (tertiary/aromatic N) is 1. The second-order valence-electron chi connectivity index (χ2n) is 6.48. The Morgan fingerprint density at radius 1 is 1.19 bits per heavy atom. The van der Waals surface area contributed by atoms with Crippen molar-refractivity contribution in [3.63, 3.8) is 0 Å². The van der Waals surface area contributed by atoms with Gasteiger partial charge in [0, 0.05) is 12.2 Å². The molecule has 0 aliphatic carbocycles. The number of amides is 1. The molecule has 1 rings (SSSR count). The van der Waals surface area contributed by atoms with Crippen LogP contribution in [0.15, 0.2) is 30.1 Å². The number of carbonyl (C=O) groups is 1. The third kappa shape index (κ3) is 6.55. The first kappa shape index (κ1) is 22.4. The first-order valence-electron chi connectivity index (χ1n) is 9.25. The summed E-state index contributed by atoms with van der Waals surface area (Å²) in [5.74, 6) is 0.101. The number of nitrogens with two attached hydrogens (primary N) is 1. The van der Waals surface area contributed by atoms with Gasteiger partial charge >= 0.3 is 0 Å². The van der Waals surface area contributed by atoms with Gasteiger partial charge in [-0.3, -0.25) is 4.79 Å². The fraction of sp³-hybridized carbons (Fsp3) is 0.476. The van der Waals surface area contributed by atoms with Crippen LogP contribution in [0.25, 0.3) is 6.08 Å². The molecule has 150 valence electrons. The minimum Gasteiger partial charge on any atom is -0.502 e. The summed E-state index contributed by atoms with van der Waals surface area (Å²) in [5.41, 5.74) is 7.38. The van der Waals surface area contributed by atoms with Crippen molar-refractivity contribution in [1.82, 2.24) is 4.90 Å². The van der Waals surface area contributed by atoms with Crippen molar-refractivity contribution in [1.29, 1.82) is 0 Å². The van der Waals surface area contributed by atoms with E-state index in [4.69, 9.17) is 15.2 Å². The number of unbranched alkanes of at least 4 members (excludes halogenated alkanes) is 4. The summed E-state index contributed by atoms with van der Waals surface area (Å²) < 4.78 is 10.3. The van der Waals surface area contributed by atoms with Crippen LogP contribution in [0.4, 0.5) is 0 Å². The molecule has 6 nitrogen and oxygen atoms in total. The second kappa shape index (κ2) is 11.2. The van der Waals surface area contributed by atoms with Crippen LogP contribution in [0.3, 0.4) is 0 Å². The Morgan fingerprint density at radius 2 is 1.74 bits per heavy atom. The van der Waals surface area contributed by atoms with Gasteiger partial charge in [0.1, 0.15) is 0 Å². The highest BCUT2D eigenvalue weighted by Crippen LogP contribution is 2.37. The summed E-state index contributed by atoms with van der Waals surface area (Å²) in [6.07, 6.45) is 7.06. The molecule has 0 saturated carbocycles. The summed E-state index contributed by atoms with van der Waals surface area (Å²) in [5, 5.41) is 9.99. The number of phenols is 1. The standard InChI is InChI=1S/C21H32N2O4/c1-6-7-8-9-10-11-23(15(2)3)21(25)17(22)12-16-13-18(26-4)20(24)19(14-16)27-5/h12-14,24H,2,6-11,22H2,1,3-5H3/b17-12-. The molecule has 1 amide bonds. The van der Waals surface area contributed by atoms with Crippen LogP contribution in [-0.2, 0) is 4.79 Å². The summed E-state index contributed by atoms with van der Waals surface area (Å²) in [7, 11) is 2.88. The van der Waals surface area contributed by atoms with Crippen LogP contribution in [0, 0.1) is 0 Å². The molecule has 3 N–H and O–H groups in total. The van der Waals surface area contributed by atoms with E-state index < -0.39 is 0 Å². The van der Waals surface area contributed by atoms with Crippen LogP contribution in [0.1, 0.15) is 51.5 Å². The van der Waals surface area contributed by atoms with E-state index in [9.17, 15) is 9.90 Å². The van der Waals surface area contributed by atoms with E-state index in [0.29, 0.717) is 17.8 Å². The first-order valence-corrected chi connectivity index (χ1v) is 9.25. The Morgan fingerprint density at radius 3 is 2.22 bits per heavy atom. The molecular formula is C21H32N2O4. The molecular weight excluding hydrogens is 344 g/mol. The molecule has 1 aromatic rings. The molecule has 0 atom stereocenters. The maximum atomic E-state index is 12.7. The lowest BCUT2D eigenvalue weighted by Gasteiger charge is -2.23. The fourth-order valence-corrected chi connectivity index (χ4v) is 2.73. The number of hydrogen-bond donors (Lipinski definition) is 2. The first-order chi connectivity index (χ1) is 12.8. The normalized spacial score (nSPS) is 11.2. The Kier molecular flexibility index (Phi) is 9.26. The second-order valence-corrected chi connectivity index (χ2v) is 6.48. The zero-order valence-corrected chi connectivity index (χ0v) is 16.9. The van der Waals surface area contributed by atoms with Gasteiger partial charge in [-0.2, -0.15) is 0 Å². The average molecular weight is 376 g/mol. The maximum Gasteiger partial charge on any atom is 0.273 e. The molecule has 27 heavy (non-hydrogen) atoms. The van der Waals surface area contributed by atoms with E-state index in [1.807, 2.05) is 0 Å². The van der Waals surface area contributed by atoms with Gasteiger partial charge in [0.25, 0.3) is 5.91 Å². The fourth-order valence-electron chi connectivity index (χ4n) is 2.73. The minimum atomic E-state index is -0.288. The highest BCUT2D eigenvalue weighted by atomic mass is 16.5. The molecule has 0 unspecified atom stereocenters. The maximum absolute atomic E-state index is 12.7. The SMILES string of the molecule is C=C(C)N(CCCCCCC)C(=O)/C(N)=C/c1cc(OC)c(O)c(OC)c1. The highest BCUT2D eigenvalue weighted by molar-refractivity contribution is 5.98. The Bertz CT molecular complexity index is 658. The van der Waals surface area contributed by atoms with Gasteiger partial charge < -0.3 is 25.2 Å². The number of carbonyl (C=O) groups excluding carboxylic acids is 1. The Balaban J connectivity index is 2.95. The van der Waals surface area contributed by atoms with E-state index in [0.717, 1.165) is 19.3 Å². The van der Waals surface area contributed by atoms with Gasteiger partial charge in [-0.1, -0.05) is 39.2 Å². The smallest absolute Gasteiger partial charge is 0.273 e. The van der Waals surface area contributed by atoms with Crippen LogP contribution in [0.2, 0.25) is 0 Å². The third-order valence-electron chi connectivity index (χ3n) is 4.26. The van der Waals surface area contributed by atoms with Crippen LogP contribution in [-0.4, -0.2) is 36.7 Å². The number of hydrogen-bond acceptors (Lipinski definition) is 5. The van der Waals surface area contributed by atoms with Crippen molar-refractivity contribution in [2.45, 2.75) is 46.0 Å². The molecule has 0 bridgehead atoms. The number of methoxy groups -OCH3 is 2. The van der Waals surface area contributed by atoms with E-state index in [1.165, 1.54) is 27.1 Å². The van der Waals surface area contributed by atoms with Gasteiger partial charge in [-0.25, -0.2) is 0 Å². The molecule has 1 aromatic carbocycles.